The first kappa shape index (κ1) is 25.8. The van der Waals surface area contributed by atoms with Gasteiger partial charge < -0.3 is 15.2 Å². The molecule has 1 aromatic carbocycles. The second-order valence-corrected chi connectivity index (χ2v) is 10.2. The minimum atomic E-state index is -4.80. The van der Waals surface area contributed by atoms with Crippen LogP contribution in [0.2, 0.25) is 0 Å². The van der Waals surface area contributed by atoms with Gasteiger partial charge in [0.15, 0.2) is 0 Å². The van der Waals surface area contributed by atoms with Crippen molar-refractivity contribution >= 4 is 21.8 Å². The number of carbonyl (C=O) groups excluding carboxylic acids is 2. The topological polar surface area (TPSA) is 101 Å². The molecule has 1 aliphatic rings. The SMILES string of the molecule is CC(=O)N[C@@H](Cc1cccn1C)C(=O)NC1CCN(S(=O)(=O)c2ccccc2C(F)(F)F)CC1. The largest absolute Gasteiger partial charge is 0.417 e. The summed E-state index contributed by atoms with van der Waals surface area (Å²) in [5.74, 6) is -0.765. The average molecular weight is 501 g/mol. The maximum atomic E-state index is 13.3. The van der Waals surface area contributed by atoms with Crippen molar-refractivity contribution in [2.75, 3.05) is 13.1 Å². The number of sulfonamides is 1. The maximum absolute atomic E-state index is 13.3. The number of carbonyl (C=O) groups is 2. The van der Waals surface area contributed by atoms with Gasteiger partial charge in [-0.25, -0.2) is 8.42 Å². The Morgan fingerprint density at radius 2 is 1.76 bits per heavy atom. The van der Waals surface area contributed by atoms with Crippen LogP contribution in [0.4, 0.5) is 13.2 Å². The van der Waals surface area contributed by atoms with Crippen LogP contribution in [-0.4, -0.2) is 54.3 Å². The molecule has 3 rings (SSSR count). The standard InChI is InChI=1S/C22H27F3N4O4S/c1-15(30)26-19(14-17-6-5-11-28(17)2)21(31)27-16-9-12-29(13-10-16)34(32,33)20-8-4-3-7-18(20)22(23,24)25/h3-8,11,16,19H,9-10,12-14H2,1-2H3,(H,26,30)(H,27,31)/t19-/m0/s1. The fourth-order valence-electron chi connectivity index (χ4n) is 3.98. The van der Waals surface area contributed by atoms with Gasteiger partial charge in [-0.3, -0.25) is 9.59 Å². The fourth-order valence-corrected chi connectivity index (χ4v) is 5.66. The van der Waals surface area contributed by atoms with Gasteiger partial charge in [0.25, 0.3) is 0 Å². The number of nitrogens with zero attached hydrogens (tertiary/aromatic N) is 2. The molecule has 1 atom stereocenters. The third-order valence-electron chi connectivity index (χ3n) is 5.77. The van der Waals surface area contributed by atoms with E-state index in [1.807, 2.05) is 29.9 Å². The Labute approximate surface area is 196 Å². The highest BCUT2D eigenvalue weighted by atomic mass is 32.2. The van der Waals surface area contributed by atoms with Crippen molar-refractivity contribution in [3.05, 3.63) is 53.9 Å². The Morgan fingerprint density at radius 3 is 2.32 bits per heavy atom. The molecule has 0 spiro atoms. The Morgan fingerprint density at radius 1 is 1.12 bits per heavy atom. The summed E-state index contributed by atoms with van der Waals surface area (Å²) in [6.07, 6.45) is -2.24. The van der Waals surface area contributed by atoms with E-state index in [-0.39, 0.29) is 44.3 Å². The quantitative estimate of drug-likeness (QED) is 0.608. The Balaban J connectivity index is 1.65. The third kappa shape index (κ3) is 5.98. The molecule has 1 aromatic heterocycles. The molecule has 34 heavy (non-hydrogen) atoms. The van der Waals surface area contributed by atoms with Crippen LogP contribution in [0.15, 0.2) is 47.5 Å². The van der Waals surface area contributed by atoms with Gasteiger partial charge in [0.05, 0.1) is 10.5 Å². The van der Waals surface area contributed by atoms with Crippen LogP contribution in [0.25, 0.3) is 0 Å². The molecular weight excluding hydrogens is 473 g/mol. The number of alkyl halides is 3. The van der Waals surface area contributed by atoms with Gasteiger partial charge in [0, 0.05) is 51.4 Å². The van der Waals surface area contributed by atoms with Crippen molar-refractivity contribution in [2.45, 2.75) is 49.3 Å². The van der Waals surface area contributed by atoms with E-state index in [1.165, 1.54) is 13.0 Å². The van der Waals surface area contributed by atoms with Crippen LogP contribution in [0.3, 0.4) is 0 Å². The molecule has 1 fully saturated rings. The lowest BCUT2D eigenvalue weighted by Gasteiger charge is -2.33. The van der Waals surface area contributed by atoms with Crippen molar-refractivity contribution in [1.29, 1.82) is 0 Å². The summed E-state index contributed by atoms with van der Waals surface area (Å²) in [7, 11) is -2.53. The van der Waals surface area contributed by atoms with Gasteiger partial charge in [0.1, 0.15) is 6.04 Å². The molecule has 0 radical (unpaired) electrons. The molecule has 8 nitrogen and oxygen atoms in total. The third-order valence-corrected chi connectivity index (χ3v) is 7.73. The number of benzene rings is 1. The molecular formula is C22H27F3N4O4S. The molecule has 0 saturated carbocycles. The van der Waals surface area contributed by atoms with Crippen LogP contribution in [-0.2, 0) is 39.3 Å². The van der Waals surface area contributed by atoms with Gasteiger partial charge in [0.2, 0.25) is 21.8 Å². The molecule has 0 unspecified atom stereocenters. The molecule has 186 valence electrons. The summed E-state index contributed by atoms with van der Waals surface area (Å²) in [6, 6.07) is 6.57. The van der Waals surface area contributed by atoms with Gasteiger partial charge in [-0.2, -0.15) is 17.5 Å². The zero-order valence-corrected chi connectivity index (χ0v) is 19.6. The predicted octanol–water partition coefficient (Wildman–Crippen LogP) is 2.06. The summed E-state index contributed by atoms with van der Waals surface area (Å²) >= 11 is 0. The zero-order valence-electron chi connectivity index (χ0n) is 18.8. The molecule has 12 heteroatoms. The van der Waals surface area contributed by atoms with Crippen molar-refractivity contribution in [2.24, 2.45) is 7.05 Å². The number of hydrogen-bond donors (Lipinski definition) is 2. The molecule has 1 saturated heterocycles. The highest BCUT2D eigenvalue weighted by Gasteiger charge is 2.40. The first-order valence-electron chi connectivity index (χ1n) is 10.7. The van der Waals surface area contributed by atoms with Gasteiger partial charge in [-0.05, 0) is 37.1 Å². The van der Waals surface area contributed by atoms with Gasteiger partial charge in [-0.15, -0.1) is 0 Å². The van der Waals surface area contributed by atoms with E-state index in [4.69, 9.17) is 0 Å². The summed E-state index contributed by atoms with van der Waals surface area (Å²) in [6.45, 7) is 1.23. The number of rotatable bonds is 7. The van der Waals surface area contributed by atoms with E-state index >= 15 is 0 Å². The van der Waals surface area contributed by atoms with Crippen LogP contribution in [0.5, 0.6) is 0 Å². The number of piperidine rings is 1. The van der Waals surface area contributed by atoms with Gasteiger partial charge >= 0.3 is 6.18 Å². The molecule has 2 N–H and O–H groups in total. The summed E-state index contributed by atoms with van der Waals surface area (Å²) in [4.78, 5) is 23.7. The van der Waals surface area contributed by atoms with Crippen molar-refractivity contribution in [1.82, 2.24) is 19.5 Å². The molecule has 0 aliphatic carbocycles. The van der Waals surface area contributed by atoms with Crippen LogP contribution < -0.4 is 10.6 Å². The lowest BCUT2D eigenvalue weighted by molar-refractivity contribution is -0.140. The number of aryl methyl sites for hydroxylation is 1. The predicted molar refractivity (Wildman–Crippen MR) is 118 cm³/mol. The molecule has 2 aromatic rings. The van der Waals surface area contributed by atoms with E-state index in [0.717, 1.165) is 28.2 Å². The minimum Gasteiger partial charge on any atom is -0.354 e. The second kappa shape index (κ2) is 10.2. The van der Waals surface area contributed by atoms with Crippen LogP contribution >= 0.6 is 0 Å². The molecule has 2 amide bonds. The molecule has 0 bridgehead atoms. The highest BCUT2D eigenvalue weighted by molar-refractivity contribution is 7.89. The first-order chi connectivity index (χ1) is 15.9. The lowest BCUT2D eigenvalue weighted by Crippen LogP contribution is -2.53. The van der Waals surface area contributed by atoms with E-state index in [9.17, 15) is 31.2 Å². The van der Waals surface area contributed by atoms with E-state index in [2.05, 4.69) is 10.6 Å². The Hall–Kier alpha value is -2.86. The van der Waals surface area contributed by atoms with Gasteiger partial charge in [-0.1, -0.05) is 12.1 Å². The fraction of sp³-hybridized carbons (Fsp3) is 0.455. The second-order valence-electron chi connectivity index (χ2n) is 8.25. The number of halogens is 3. The van der Waals surface area contributed by atoms with Crippen LogP contribution in [0.1, 0.15) is 31.0 Å². The van der Waals surface area contributed by atoms with Crippen molar-refractivity contribution in [3.63, 3.8) is 0 Å². The summed E-state index contributed by atoms with van der Waals surface area (Å²) < 4.78 is 68.6. The number of aromatic nitrogens is 1. The Kier molecular flexibility index (Phi) is 7.71. The monoisotopic (exact) mass is 500 g/mol. The van der Waals surface area contributed by atoms with Crippen molar-refractivity contribution in [3.8, 4) is 0 Å². The molecule has 2 heterocycles. The number of nitrogens with one attached hydrogen (secondary N) is 2. The van der Waals surface area contributed by atoms with Crippen molar-refractivity contribution < 1.29 is 31.2 Å². The average Bonchev–Trinajstić information content (AvgIpc) is 3.17. The Bertz CT molecular complexity index is 1140. The highest BCUT2D eigenvalue weighted by Crippen LogP contribution is 2.35. The summed E-state index contributed by atoms with van der Waals surface area (Å²) in [5, 5.41) is 5.47. The number of amides is 2. The lowest BCUT2D eigenvalue weighted by atomic mass is 10.0. The normalized spacial score (nSPS) is 16.7. The zero-order chi connectivity index (χ0) is 25.1. The maximum Gasteiger partial charge on any atom is 0.417 e. The smallest absolute Gasteiger partial charge is 0.354 e. The number of hydrogen-bond acceptors (Lipinski definition) is 4. The van der Waals surface area contributed by atoms with E-state index < -0.39 is 38.6 Å². The summed E-state index contributed by atoms with van der Waals surface area (Å²) in [5.41, 5.74) is -0.359. The van der Waals surface area contributed by atoms with E-state index in [1.54, 1.807) is 0 Å². The minimum absolute atomic E-state index is 0.0396. The molecule has 1 aliphatic heterocycles. The first-order valence-corrected chi connectivity index (χ1v) is 12.2. The van der Waals surface area contributed by atoms with E-state index in [0.29, 0.717) is 0 Å². The van der Waals surface area contributed by atoms with Crippen LogP contribution in [0, 0.1) is 0 Å².